The van der Waals surface area contributed by atoms with E-state index in [4.69, 9.17) is 0 Å². The van der Waals surface area contributed by atoms with Crippen molar-refractivity contribution in [3.05, 3.63) is 210 Å². The van der Waals surface area contributed by atoms with Crippen LogP contribution in [0.5, 0.6) is 0 Å². The fourth-order valence-corrected chi connectivity index (χ4v) is 9.49. The van der Waals surface area contributed by atoms with Gasteiger partial charge in [-0.2, -0.15) is 5.10 Å². The molecule has 11 rings (SSSR count). The first-order valence-corrected chi connectivity index (χ1v) is 25.9. The highest BCUT2D eigenvalue weighted by Gasteiger charge is 2.28. The largest absolute Gasteiger partial charge is 0.384 e. The van der Waals surface area contributed by atoms with Crippen molar-refractivity contribution in [3.8, 4) is 0 Å². The average molecular weight is 1060 g/mol. The molecular formula is C71H109N7. The molecule has 0 saturated heterocycles. The van der Waals surface area contributed by atoms with Crippen molar-refractivity contribution in [1.82, 2.24) is 34.4 Å². The van der Waals surface area contributed by atoms with Crippen LogP contribution in [0.4, 0.5) is 0 Å². The van der Waals surface area contributed by atoms with Crippen LogP contribution in [0.2, 0.25) is 0 Å². The van der Waals surface area contributed by atoms with Gasteiger partial charge >= 0.3 is 0 Å². The van der Waals surface area contributed by atoms with Crippen LogP contribution in [-0.2, 0) is 7.05 Å². The molecular weight excluding hydrogens is 951 g/mol. The van der Waals surface area contributed by atoms with Crippen molar-refractivity contribution in [2.75, 3.05) is 0 Å². The Labute approximate surface area is 476 Å². The van der Waals surface area contributed by atoms with Gasteiger partial charge < -0.3 is 19.9 Å². The minimum atomic E-state index is 0. The van der Waals surface area contributed by atoms with Gasteiger partial charge in [-0.1, -0.05) is 226 Å². The Balaban J connectivity index is 0. The van der Waals surface area contributed by atoms with Gasteiger partial charge in [-0.3, -0.25) is 4.98 Å². The van der Waals surface area contributed by atoms with Crippen LogP contribution in [0.25, 0.3) is 38.2 Å². The Morgan fingerprint density at radius 2 is 1.08 bits per heavy atom. The van der Waals surface area contributed by atoms with Gasteiger partial charge in [0, 0.05) is 87.9 Å². The van der Waals surface area contributed by atoms with Crippen molar-refractivity contribution in [1.29, 1.82) is 0 Å². The number of nitrogens with one attached hydrogen (secondary N) is 3. The summed E-state index contributed by atoms with van der Waals surface area (Å²) in [4.78, 5) is 10.7. The number of para-hydroxylation sites is 3. The first-order chi connectivity index (χ1) is 34.1. The van der Waals surface area contributed by atoms with Crippen molar-refractivity contribution in [2.24, 2.45) is 18.9 Å². The summed E-state index contributed by atoms with van der Waals surface area (Å²) < 4.78 is 4.11. The zero-order chi connectivity index (χ0) is 51.2. The molecule has 7 heterocycles. The molecule has 0 amide bonds. The maximum absolute atomic E-state index is 4.26. The highest BCUT2D eigenvalue weighted by atomic mass is 15.2. The molecule has 9 aromatic rings. The summed E-state index contributed by atoms with van der Waals surface area (Å²) in [6, 6.07) is 36.2. The van der Waals surface area contributed by atoms with Crippen molar-refractivity contribution < 1.29 is 0 Å². The van der Waals surface area contributed by atoms with E-state index in [1.54, 1.807) is 6.20 Å². The van der Waals surface area contributed by atoms with Crippen LogP contribution in [0.15, 0.2) is 176 Å². The molecule has 78 heavy (non-hydrogen) atoms. The van der Waals surface area contributed by atoms with Crippen LogP contribution in [0.1, 0.15) is 198 Å². The molecule has 0 spiro atoms. The SMILES string of the molecule is C.C.C.C.C.C.C.CC(C)C1=CNC2C=CC=CC12.CC(C)c1c[nH]c2ccccc12.CC(C)c1cccnc1.CC(C)c1cn(C)c2ccccc12.CC(C)c1cnn2ccccc12.Cc1[nH]c2ccccc2c1C(C)C. The summed E-state index contributed by atoms with van der Waals surface area (Å²) in [7, 11) is 2.11. The number of hydrogen-bond donors (Lipinski definition) is 3. The van der Waals surface area contributed by atoms with Crippen LogP contribution >= 0.6 is 0 Å². The van der Waals surface area contributed by atoms with Gasteiger partial charge in [0.15, 0.2) is 0 Å². The minimum Gasteiger partial charge on any atom is -0.384 e. The van der Waals surface area contributed by atoms with E-state index in [1.165, 1.54) is 77.3 Å². The lowest BCUT2D eigenvalue weighted by Gasteiger charge is -2.20. The molecule has 6 aromatic heterocycles. The van der Waals surface area contributed by atoms with Crippen LogP contribution < -0.4 is 5.32 Å². The summed E-state index contributed by atoms with van der Waals surface area (Å²) in [5, 5.41) is 11.8. The number of hydrogen-bond acceptors (Lipinski definition) is 3. The van der Waals surface area contributed by atoms with E-state index in [0.717, 1.165) is 0 Å². The molecule has 0 fully saturated rings. The van der Waals surface area contributed by atoms with Gasteiger partial charge in [0.2, 0.25) is 0 Å². The van der Waals surface area contributed by atoms with Crippen LogP contribution in [-0.4, -0.2) is 35.2 Å². The fraction of sp³-hybridized carbons (Fsp3) is 0.408. The third-order valence-electron chi connectivity index (χ3n) is 13.4. The molecule has 428 valence electrons. The number of aromatic nitrogens is 6. The lowest BCUT2D eigenvalue weighted by molar-refractivity contribution is 0.584. The molecule has 0 saturated carbocycles. The summed E-state index contributed by atoms with van der Waals surface area (Å²) in [5.74, 6) is 4.20. The zero-order valence-electron chi connectivity index (χ0n) is 45.1. The van der Waals surface area contributed by atoms with E-state index >= 15 is 0 Å². The number of allylic oxidation sites excluding steroid dienone is 2. The number of pyridine rings is 2. The molecule has 0 radical (unpaired) electrons. The second kappa shape index (κ2) is 34.8. The molecule has 1 aliphatic carbocycles. The first-order valence-electron chi connectivity index (χ1n) is 25.9. The lowest BCUT2D eigenvalue weighted by Crippen LogP contribution is -2.25. The topological polar surface area (TPSA) is 78.7 Å². The van der Waals surface area contributed by atoms with E-state index in [0.29, 0.717) is 47.5 Å². The van der Waals surface area contributed by atoms with E-state index in [1.807, 2.05) is 41.3 Å². The third-order valence-corrected chi connectivity index (χ3v) is 13.4. The van der Waals surface area contributed by atoms with E-state index in [9.17, 15) is 0 Å². The second-order valence-corrected chi connectivity index (χ2v) is 20.7. The van der Waals surface area contributed by atoms with Gasteiger partial charge in [0.1, 0.15) is 0 Å². The maximum Gasteiger partial charge on any atom is 0.0696 e. The number of rotatable bonds is 6. The molecule has 7 nitrogen and oxygen atoms in total. The number of H-pyrrole nitrogens is 2. The highest BCUT2D eigenvalue weighted by molar-refractivity contribution is 5.86. The zero-order valence-corrected chi connectivity index (χ0v) is 45.1. The summed E-state index contributed by atoms with van der Waals surface area (Å²) in [6.07, 6.45) is 22.9. The van der Waals surface area contributed by atoms with Gasteiger partial charge in [-0.15, -0.1) is 0 Å². The monoisotopic (exact) mass is 1060 g/mol. The smallest absolute Gasteiger partial charge is 0.0696 e. The molecule has 0 bridgehead atoms. The first kappa shape index (κ1) is 73.2. The average Bonchev–Trinajstić information content (AvgIpc) is 4.21. The summed E-state index contributed by atoms with van der Waals surface area (Å²) in [5.41, 5.74) is 14.8. The third kappa shape index (κ3) is 18.7. The Bertz CT molecular complexity index is 3040. The normalized spacial score (nSPS) is 13.3. The van der Waals surface area contributed by atoms with E-state index in [2.05, 4.69) is 255 Å². The van der Waals surface area contributed by atoms with E-state index in [-0.39, 0.29) is 52.0 Å². The summed E-state index contributed by atoms with van der Waals surface area (Å²) >= 11 is 0. The summed E-state index contributed by atoms with van der Waals surface area (Å²) in [6.45, 7) is 28.7. The van der Waals surface area contributed by atoms with Gasteiger partial charge in [0.05, 0.1) is 17.8 Å². The molecule has 7 heteroatoms. The Morgan fingerprint density at radius 1 is 0.513 bits per heavy atom. The number of aromatic amines is 2. The Kier molecular flexibility index (Phi) is 32.7. The quantitative estimate of drug-likeness (QED) is 0.155. The van der Waals surface area contributed by atoms with Crippen LogP contribution in [0, 0.1) is 18.8 Å². The van der Waals surface area contributed by atoms with Gasteiger partial charge in [0.25, 0.3) is 0 Å². The molecule has 3 N–H and O–H groups in total. The minimum absolute atomic E-state index is 0. The van der Waals surface area contributed by atoms with Crippen molar-refractivity contribution in [2.45, 2.75) is 178 Å². The number of fused-ring (bicyclic) bond motifs is 5. The fourth-order valence-electron chi connectivity index (χ4n) is 9.49. The Morgan fingerprint density at radius 3 is 1.65 bits per heavy atom. The molecule has 2 aliphatic rings. The van der Waals surface area contributed by atoms with Gasteiger partial charge in [-0.25, -0.2) is 4.52 Å². The van der Waals surface area contributed by atoms with Gasteiger partial charge in [-0.05, 0) is 113 Å². The molecule has 3 aromatic carbocycles. The van der Waals surface area contributed by atoms with Crippen molar-refractivity contribution in [3.63, 3.8) is 0 Å². The second-order valence-electron chi connectivity index (χ2n) is 20.7. The maximum atomic E-state index is 4.26. The van der Waals surface area contributed by atoms with Crippen LogP contribution in [0.3, 0.4) is 0 Å². The highest BCUT2D eigenvalue weighted by Crippen LogP contribution is 2.32. The molecule has 1 aliphatic heterocycles. The predicted octanol–water partition coefficient (Wildman–Crippen LogP) is 21.5. The Hall–Kier alpha value is -6.86. The lowest BCUT2D eigenvalue weighted by atomic mass is 9.86. The van der Waals surface area contributed by atoms with E-state index < -0.39 is 0 Å². The van der Waals surface area contributed by atoms with Crippen molar-refractivity contribution >= 4 is 38.2 Å². The molecule has 2 atom stereocenters. The predicted molar refractivity (Wildman–Crippen MR) is 353 cm³/mol. The standard InChI is InChI=1S/2C12H15N.C11H15N.C11H13N.C10H12N2.C8H11N.7CH4/c1-9(2)11-8-13(3)12-7-5-4-6-10(11)12;1-8(2)12-9(3)13-11-7-5-4-6-10(11)12;2*1-8(2)10-7-12-11-6-4-3-5-9(10)11;1-8(2)9-7-11-12-6-4-3-5-10(9)12;1-7(2)8-4-3-5-9-6-8;;;;;;;/h4-9H,1-3H3;4-8,13H,1-3H3;3-9,11-12H,1-2H3;3-8,12H,1-2H3;3-8H,1-2H3;3-7H,1-2H3;7*1H4. The number of benzene rings is 3. The number of nitrogens with zero attached hydrogens (tertiary/aromatic N) is 4. The molecule has 2 unspecified atom stereocenters. The number of aryl methyl sites for hydroxylation is 2.